The molecule has 92 valence electrons. The van der Waals surface area contributed by atoms with E-state index < -0.39 is 11.3 Å². The van der Waals surface area contributed by atoms with Gasteiger partial charge in [0.05, 0.1) is 6.04 Å². The maximum Gasteiger partial charge on any atom is 0.235 e. The molecule has 1 aliphatic carbocycles. The van der Waals surface area contributed by atoms with Crippen LogP contribution in [0.5, 0.6) is 0 Å². The lowest BCUT2D eigenvalue weighted by atomic mass is 10.1. The minimum Gasteiger partial charge on any atom is -0.294 e. The number of hydrogen-bond acceptors (Lipinski definition) is 1. The minimum absolute atomic E-state index is 0.150. The molecule has 4 heteroatoms. The van der Waals surface area contributed by atoms with E-state index in [0.717, 1.165) is 22.3 Å². The lowest BCUT2D eigenvalue weighted by Crippen LogP contribution is -2.25. The van der Waals surface area contributed by atoms with Crippen LogP contribution in [0.25, 0.3) is 11.1 Å². The second kappa shape index (κ2) is 4.31. The molecule has 0 fully saturated rings. The summed E-state index contributed by atoms with van der Waals surface area (Å²) >= 11 is -1.98. The average molecular weight is 259 g/mol. The van der Waals surface area contributed by atoms with E-state index in [4.69, 9.17) is 0 Å². The molecule has 0 amide bonds. The van der Waals surface area contributed by atoms with Crippen LogP contribution >= 0.6 is 0 Å². The van der Waals surface area contributed by atoms with Crippen LogP contribution in [-0.4, -0.2) is 20.1 Å². The Labute approximate surface area is 108 Å². The van der Waals surface area contributed by atoms with E-state index >= 15 is 0 Å². The molecule has 0 spiro atoms. The molecule has 0 heterocycles. The molecule has 0 radical (unpaired) electrons. The second-order valence-electron chi connectivity index (χ2n) is 4.35. The van der Waals surface area contributed by atoms with Crippen LogP contribution in [0.4, 0.5) is 0 Å². The summed E-state index contributed by atoms with van der Waals surface area (Å²) in [6.07, 6.45) is 0. The van der Waals surface area contributed by atoms with Gasteiger partial charge in [-0.15, -0.1) is 0 Å². The van der Waals surface area contributed by atoms with Gasteiger partial charge in [-0.3, -0.25) is 4.55 Å². The summed E-state index contributed by atoms with van der Waals surface area (Å²) in [7, 11) is 1.67. The van der Waals surface area contributed by atoms with Gasteiger partial charge in [-0.2, -0.15) is 4.31 Å². The third-order valence-corrected chi connectivity index (χ3v) is 4.11. The number of fused-ring (bicyclic) bond motifs is 3. The minimum atomic E-state index is -1.98. The van der Waals surface area contributed by atoms with Crippen LogP contribution in [0.3, 0.4) is 0 Å². The zero-order chi connectivity index (χ0) is 12.7. The summed E-state index contributed by atoms with van der Waals surface area (Å²) in [6.45, 7) is 0. The maximum absolute atomic E-state index is 11.3. The topological polar surface area (TPSA) is 40.5 Å². The fourth-order valence-electron chi connectivity index (χ4n) is 2.61. The van der Waals surface area contributed by atoms with Gasteiger partial charge in [0, 0.05) is 7.05 Å². The van der Waals surface area contributed by atoms with Crippen molar-refractivity contribution in [3.05, 3.63) is 59.7 Å². The second-order valence-corrected chi connectivity index (χ2v) is 5.39. The van der Waals surface area contributed by atoms with Crippen molar-refractivity contribution in [1.82, 2.24) is 4.31 Å². The first-order valence-corrected chi connectivity index (χ1v) is 6.78. The quantitative estimate of drug-likeness (QED) is 0.842. The number of rotatable bonds is 2. The number of nitrogens with zero attached hydrogens (tertiary/aromatic N) is 1. The van der Waals surface area contributed by atoms with Crippen molar-refractivity contribution in [2.75, 3.05) is 7.05 Å². The first-order chi connectivity index (χ1) is 8.70. The lowest BCUT2D eigenvalue weighted by Gasteiger charge is -2.22. The molecule has 0 aliphatic heterocycles. The predicted octanol–water partition coefficient (Wildman–Crippen LogP) is 2.82. The van der Waals surface area contributed by atoms with Gasteiger partial charge < -0.3 is 0 Å². The van der Waals surface area contributed by atoms with Crippen molar-refractivity contribution in [1.29, 1.82) is 0 Å². The fraction of sp³-hybridized carbons (Fsp3) is 0.143. The van der Waals surface area contributed by atoms with Gasteiger partial charge in [-0.05, 0) is 22.3 Å². The molecule has 2 aromatic carbocycles. The SMILES string of the molecule is CN(C1c2ccccc2-c2ccccc21)S(=O)O. The lowest BCUT2D eigenvalue weighted by molar-refractivity contribution is 0.407. The van der Waals surface area contributed by atoms with Gasteiger partial charge in [-0.25, -0.2) is 4.21 Å². The molecular weight excluding hydrogens is 246 g/mol. The van der Waals surface area contributed by atoms with Crippen molar-refractivity contribution in [3.63, 3.8) is 0 Å². The monoisotopic (exact) mass is 259 g/mol. The van der Waals surface area contributed by atoms with Gasteiger partial charge in [0.15, 0.2) is 0 Å². The Morgan fingerprint density at radius 3 is 1.89 bits per heavy atom. The smallest absolute Gasteiger partial charge is 0.235 e. The zero-order valence-electron chi connectivity index (χ0n) is 9.91. The molecule has 0 saturated heterocycles. The van der Waals surface area contributed by atoms with Gasteiger partial charge in [-0.1, -0.05) is 48.5 Å². The molecule has 1 N–H and O–H groups in total. The highest BCUT2D eigenvalue weighted by atomic mass is 32.2. The van der Waals surface area contributed by atoms with Crippen molar-refractivity contribution in [2.45, 2.75) is 6.04 Å². The normalized spacial score (nSPS) is 15.5. The third-order valence-electron chi connectivity index (χ3n) is 3.41. The van der Waals surface area contributed by atoms with E-state index in [1.807, 2.05) is 36.4 Å². The van der Waals surface area contributed by atoms with E-state index in [9.17, 15) is 8.76 Å². The third kappa shape index (κ3) is 1.61. The summed E-state index contributed by atoms with van der Waals surface area (Å²) in [5, 5.41) is 0. The number of hydrogen-bond donors (Lipinski definition) is 1. The van der Waals surface area contributed by atoms with Gasteiger partial charge in [0.2, 0.25) is 11.3 Å². The maximum atomic E-state index is 11.3. The summed E-state index contributed by atoms with van der Waals surface area (Å²) < 4.78 is 22.2. The highest BCUT2D eigenvalue weighted by Crippen LogP contribution is 2.45. The van der Waals surface area contributed by atoms with Crippen LogP contribution in [0.15, 0.2) is 48.5 Å². The predicted molar refractivity (Wildman–Crippen MR) is 72.3 cm³/mol. The van der Waals surface area contributed by atoms with Crippen molar-refractivity contribution in [3.8, 4) is 11.1 Å². The van der Waals surface area contributed by atoms with Gasteiger partial charge in [0.25, 0.3) is 0 Å². The Hall–Kier alpha value is -1.49. The molecule has 3 rings (SSSR count). The highest BCUT2D eigenvalue weighted by Gasteiger charge is 2.32. The first kappa shape index (κ1) is 11.6. The van der Waals surface area contributed by atoms with Gasteiger partial charge in [0.1, 0.15) is 0 Å². The first-order valence-electron chi connectivity index (χ1n) is 5.72. The molecular formula is C14H13NO2S. The van der Waals surface area contributed by atoms with E-state index in [-0.39, 0.29) is 6.04 Å². The van der Waals surface area contributed by atoms with E-state index in [1.54, 1.807) is 7.05 Å². The van der Waals surface area contributed by atoms with E-state index in [1.165, 1.54) is 4.31 Å². The summed E-state index contributed by atoms with van der Waals surface area (Å²) in [5.74, 6) is 0. The van der Waals surface area contributed by atoms with Crippen LogP contribution < -0.4 is 0 Å². The largest absolute Gasteiger partial charge is 0.294 e. The molecule has 0 bridgehead atoms. The molecule has 1 aliphatic rings. The Morgan fingerprint density at radius 2 is 1.44 bits per heavy atom. The van der Waals surface area contributed by atoms with E-state index in [0.29, 0.717) is 0 Å². The Morgan fingerprint density at radius 1 is 1.00 bits per heavy atom. The van der Waals surface area contributed by atoms with Crippen LogP contribution in [-0.2, 0) is 11.3 Å². The summed E-state index contributed by atoms with van der Waals surface area (Å²) in [5.41, 5.74) is 4.47. The van der Waals surface area contributed by atoms with Crippen LogP contribution in [0.2, 0.25) is 0 Å². The van der Waals surface area contributed by atoms with Crippen LogP contribution in [0, 0.1) is 0 Å². The fourth-order valence-corrected chi connectivity index (χ4v) is 3.02. The van der Waals surface area contributed by atoms with E-state index in [2.05, 4.69) is 12.1 Å². The van der Waals surface area contributed by atoms with Crippen molar-refractivity contribution < 1.29 is 8.76 Å². The molecule has 2 aromatic rings. The molecule has 3 nitrogen and oxygen atoms in total. The average Bonchev–Trinajstić information content (AvgIpc) is 2.72. The molecule has 0 aromatic heterocycles. The zero-order valence-corrected chi connectivity index (χ0v) is 10.7. The molecule has 0 saturated carbocycles. The Kier molecular flexibility index (Phi) is 2.78. The molecule has 1 unspecified atom stereocenters. The van der Waals surface area contributed by atoms with Crippen molar-refractivity contribution in [2.24, 2.45) is 0 Å². The standard InChI is InChI=1S/C14H13NO2S/c1-15(18(16)17)14-12-8-4-2-6-10(12)11-7-3-5-9-13(11)14/h2-9,14H,1H3,(H,16,17). The summed E-state index contributed by atoms with van der Waals surface area (Å²) in [6, 6.07) is 15.9. The Balaban J connectivity index is 2.24. The van der Waals surface area contributed by atoms with Crippen molar-refractivity contribution >= 4 is 11.3 Å². The molecule has 1 atom stereocenters. The molecule has 18 heavy (non-hydrogen) atoms. The van der Waals surface area contributed by atoms with Crippen LogP contribution in [0.1, 0.15) is 17.2 Å². The Bertz CT molecular complexity index is 581. The van der Waals surface area contributed by atoms with Gasteiger partial charge >= 0.3 is 0 Å². The number of benzene rings is 2. The highest BCUT2D eigenvalue weighted by molar-refractivity contribution is 7.76. The summed E-state index contributed by atoms with van der Waals surface area (Å²) in [4.78, 5) is 0.